The van der Waals surface area contributed by atoms with Crippen molar-refractivity contribution in [3.63, 3.8) is 0 Å². The van der Waals surface area contributed by atoms with E-state index in [9.17, 15) is 5.11 Å². The Kier molecular flexibility index (Phi) is 5.08. The topological polar surface area (TPSA) is 23.5 Å². The molecule has 2 fully saturated rings. The smallest absolute Gasteiger partial charge is 0.0499 e. The van der Waals surface area contributed by atoms with Crippen LogP contribution >= 0.6 is 0 Å². The molecule has 0 aliphatic heterocycles. The van der Waals surface area contributed by atoms with E-state index in [0.717, 1.165) is 18.4 Å². The van der Waals surface area contributed by atoms with Crippen LogP contribution in [0.2, 0.25) is 0 Å². The summed E-state index contributed by atoms with van der Waals surface area (Å²) < 4.78 is 0. The molecule has 0 aromatic carbocycles. The summed E-state index contributed by atoms with van der Waals surface area (Å²) in [4.78, 5) is 2.64. The Labute approximate surface area is 113 Å². The zero-order valence-corrected chi connectivity index (χ0v) is 12.3. The largest absolute Gasteiger partial charge is 0.396 e. The van der Waals surface area contributed by atoms with Gasteiger partial charge in [-0.3, -0.25) is 0 Å². The lowest BCUT2D eigenvalue weighted by molar-refractivity contribution is 0.0279. The standard InChI is InChI=1S/C16H31NO/c1-3-10-17(11-15-4-5-15)12-16(13-18)8-6-14(2)7-9-16/h14-15,18H,3-13H2,1-2H3. The number of rotatable bonds is 7. The van der Waals surface area contributed by atoms with E-state index in [1.807, 2.05) is 0 Å². The molecule has 1 N–H and O–H groups in total. The normalized spacial score (nSPS) is 33.0. The second-order valence-electron chi connectivity index (χ2n) is 7.02. The van der Waals surface area contributed by atoms with E-state index in [1.54, 1.807) is 0 Å². The molecule has 2 saturated carbocycles. The summed E-state index contributed by atoms with van der Waals surface area (Å²) in [5, 5.41) is 9.87. The predicted octanol–water partition coefficient (Wildman–Crippen LogP) is 3.30. The monoisotopic (exact) mass is 253 g/mol. The highest BCUT2D eigenvalue weighted by Gasteiger charge is 2.36. The van der Waals surface area contributed by atoms with Crippen LogP contribution in [0, 0.1) is 17.3 Å². The van der Waals surface area contributed by atoms with E-state index in [-0.39, 0.29) is 5.41 Å². The Morgan fingerprint density at radius 2 is 1.83 bits per heavy atom. The Balaban J connectivity index is 1.88. The molecule has 106 valence electrons. The highest BCUT2D eigenvalue weighted by atomic mass is 16.3. The maximum atomic E-state index is 9.87. The lowest BCUT2D eigenvalue weighted by atomic mass is 9.71. The fraction of sp³-hybridized carbons (Fsp3) is 1.00. The molecule has 0 aromatic heterocycles. The van der Waals surface area contributed by atoms with Gasteiger partial charge in [-0.1, -0.05) is 26.7 Å². The van der Waals surface area contributed by atoms with Crippen molar-refractivity contribution in [3.05, 3.63) is 0 Å². The summed E-state index contributed by atoms with van der Waals surface area (Å²) in [5.74, 6) is 1.84. The van der Waals surface area contributed by atoms with Crippen LogP contribution in [-0.4, -0.2) is 36.2 Å². The first-order chi connectivity index (χ1) is 8.67. The zero-order chi connectivity index (χ0) is 13.0. The first-order valence-corrected chi connectivity index (χ1v) is 8.00. The van der Waals surface area contributed by atoms with Gasteiger partial charge in [0.2, 0.25) is 0 Å². The van der Waals surface area contributed by atoms with Gasteiger partial charge in [-0.25, -0.2) is 0 Å². The van der Waals surface area contributed by atoms with Gasteiger partial charge in [0.1, 0.15) is 0 Å². The van der Waals surface area contributed by atoms with Crippen molar-refractivity contribution >= 4 is 0 Å². The van der Waals surface area contributed by atoms with E-state index in [1.165, 1.54) is 58.0 Å². The number of hydrogen-bond acceptors (Lipinski definition) is 2. The molecule has 0 unspecified atom stereocenters. The number of hydrogen-bond donors (Lipinski definition) is 1. The maximum absolute atomic E-state index is 9.87. The molecule has 0 bridgehead atoms. The van der Waals surface area contributed by atoms with Gasteiger partial charge in [-0.2, -0.15) is 0 Å². The van der Waals surface area contributed by atoms with E-state index in [0.29, 0.717) is 6.61 Å². The molecule has 0 radical (unpaired) electrons. The predicted molar refractivity (Wildman–Crippen MR) is 76.6 cm³/mol. The highest BCUT2D eigenvalue weighted by Crippen LogP contribution is 2.40. The molecule has 0 saturated heterocycles. The van der Waals surface area contributed by atoms with Gasteiger partial charge in [-0.15, -0.1) is 0 Å². The van der Waals surface area contributed by atoms with Crippen molar-refractivity contribution in [2.24, 2.45) is 17.3 Å². The molecular weight excluding hydrogens is 222 g/mol. The van der Waals surface area contributed by atoms with Crippen LogP contribution in [0.25, 0.3) is 0 Å². The number of nitrogens with zero attached hydrogens (tertiary/aromatic N) is 1. The van der Waals surface area contributed by atoms with E-state index >= 15 is 0 Å². The van der Waals surface area contributed by atoms with Crippen molar-refractivity contribution in [1.82, 2.24) is 4.90 Å². The molecule has 2 nitrogen and oxygen atoms in total. The Bertz CT molecular complexity index is 241. The molecule has 2 aliphatic rings. The van der Waals surface area contributed by atoms with Crippen LogP contribution in [-0.2, 0) is 0 Å². The molecule has 0 amide bonds. The molecule has 0 atom stereocenters. The van der Waals surface area contributed by atoms with Crippen LogP contribution in [0.4, 0.5) is 0 Å². The van der Waals surface area contributed by atoms with Crippen molar-refractivity contribution in [2.75, 3.05) is 26.2 Å². The first-order valence-electron chi connectivity index (χ1n) is 8.00. The third-order valence-electron chi connectivity index (χ3n) is 4.98. The average molecular weight is 253 g/mol. The molecule has 0 spiro atoms. The quantitative estimate of drug-likeness (QED) is 0.752. The van der Waals surface area contributed by atoms with Crippen LogP contribution in [0.1, 0.15) is 58.8 Å². The Morgan fingerprint density at radius 3 is 2.33 bits per heavy atom. The van der Waals surface area contributed by atoms with Gasteiger partial charge in [0, 0.05) is 25.1 Å². The second kappa shape index (κ2) is 6.38. The minimum atomic E-state index is 0.219. The number of aliphatic hydroxyl groups is 1. The van der Waals surface area contributed by atoms with Crippen LogP contribution in [0.5, 0.6) is 0 Å². The minimum Gasteiger partial charge on any atom is -0.396 e. The molecule has 2 heteroatoms. The molecule has 2 rings (SSSR count). The maximum Gasteiger partial charge on any atom is 0.0499 e. The van der Waals surface area contributed by atoms with Crippen LogP contribution in [0.15, 0.2) is 0 Å². The van der Waals surface area contributed by atoms with Gasteiger partial charge >= 0.3 is 0 Å². The Hall–Kier alpha value is -0.0800. The zero-order valence-electron chi connectivity index (χ0n) is 12.3. The summed E-state index contributed by atoms with van der Waals surface area (Å²) in [6, 6.07) is 0. The average Bonchev–Trinajstić information content (AvgIpc) is 3.17. The van der Waals surface area contributed by atoms with Crippen molar-refractivity contribution < 1.29 is 5.11 Å². The summed E-state index contributed by atoms with van der Waals surface area (Å²) in [5.41, 5.74) is 0.219. The van der Waals surface area contributed by atoms with E-state index in [2.05, 4.69) is 18.7 Å². The molecule has 0 aromatic rings. The first kappa shape index (κ1) is 14.3. The second-order valence-corrected chi connectivity index (χ2v) is 7.02. The number of aliphatic hydroxyl groups excluding tert-OH is 1. The minimum absolute atomic E-state index is 0.219. The lowest BCUT2D eigenvalue weighted by Gasteiger charge is -2.41. The lowest BCUT2D eigenvalue weighted by Crippen LogP contribution is -2.43. The van der Waals surface area contributed by atoms with E-state index < -0.39 is 0 Å². The molecule has 18 heavy (non-hydrogen) atoms. The van der Waals surface area contributed by atoms with Gasteiger partial charge in [0.15, 0.2) is 0 Å². The van der Waals surface area contributed by atoms with Crippen molar-refractivity contribution in [3.8, 4) is 0 Å². The summed E-state index contributed by atoms with van der Waals surface area (Å²) in [7, 11) is 0. The highest BCUT2D eigenvalue weighted by molar-refractivity contribution is 4.88. The fourth-order valence-electron chi connectivity index (χ4n) is 3.43. The SMILES string of the molecule is CCCN(CC1CC1)CC1(CO)CCC(C)CC1. The van der Waals surface area contributed by atoms with Gasteiger partial charge in [0.05, 0.1) is 0 Å². The van der Waals surface area contributed by atoms with Gasteiger partial charge in [0.25, 0.3) is 0 Å². The van der Waals surface area contributed by atoms with E-state index in [4.69, 9.17) is 0 Å². The van der Waals surface area contributed by atoms with Crippen molar-refractivity contribution in [1.29, 1.82) is 0 Å². The van der Waals surface area contributed by atoms with Crippen molar-refractivity contribution in [2.45, 2.75) is 58.8 Å². The van der Waals surface area contributed by atoms with Gasteiger partial charge in [-0.05, 0) is 50.5 Å². The van der Waals surface area contributed by atoms with Gasteiger partial charge < -0.3 is 10.0 Å². The fourth-order valence-corrected chi connectivity index (χ4v) is 3.43. The third kappa shape index (κ3) is 3.96. The molecule has 2 aliphatic carbocycles. The molecular formula is C16H31NO. The third-order valence-corrected chi connectivity index (χ3v) is 4.98. The van der Waals surface area contributed by atoms with Crippen LogP contribution in [0.3, 0.4) is 0 Å². The Morgan fingerprint density at radius 1 is 1.17 bits per heavy atom. The summed E-state index contributed by atoms with van der Waals surface area (Å²) >= 11 is 0. The molecule has 0 heterocycles. The summed E-state index contributed by atoms with van der Waals surface area (Å²) in [6.07, 6.45) is 9.19. The van der Waals surface area contributed by atoms with Crippen LogP contribution < -0.4 is 0 Å². The summed E-state index contributed by atoms with van der Waals surface area (Å²) in [6.45, 7) is 8.66.